The van der Waals surface area contributed by atoms with E-state index in [1.54, 1.807) is 11.3 Å². The number of hydrogen-bond donors (Lipinski definition) is 2. The van der Waals surface area contributed by atoms with Gasteiger partial charge in [0, 0.05) is 21.7 Å². The summed E-state index contributed by atoms with van der Waals surface area (Å²) in [6, 6.07) is 7.77. The minimum Gasteiger partial charge on any atom is -0.399 e. The number of nitrogens with one attached hydrogen (secondary N) is 1. The van der Waals surface area contributed by atoms with E-state index in [-0.39, 0.29) is 0 Å². The third kappa shape index (κ3) is 2.04. The van der Waals surface area contributed by atoms with Gasteiger partial charge in [-0.3, -0.25) is 4.57 Å². The maximum atomic E-state index is 5.81. The number of hydrazone groups is 1. The highest BCUT2D eigenvalue weighted by Gasteiger charge is 2.26. The molecule has 0 aliphatic carbocycles. The Labute approximate surface area is 137 Å². The topological polar surface area (TPSA) is 81.1 Å². The van der Waals surface area contributed by atoms with E-state index >= 15 is 0 Å². The molecule has 0 amide bonds. The first-order chi connectivity index (χ1) is 11.1. The molecule has 1 aromatic carbocycles. The number of thiophene rings is 1. The Hall–Kier alpha value is -2.67. The fourth-order valence-electron chi connectivity index (χ4n) is 2.73. The van der Waals surface area contributed by atoms with Crippen LogP contribution in [0.2, 0.25) is 0 Å². The van der Waals surface area contributed by atoms with Crippen LogP contribution < -0.4 is 11.2 Å². The molecule has 6 nitrogen and oxygen atoms in total. The number of hydrogen-bond acceptors (Lipinski definition) is 6. The molecule has 0 saturated carbocycles. The lowest BCUT2D eigenvalue weighted by atomic mass is 10.00. The van der Waals surface area contributed by atoms with Crippen molar-refractivity contribution < 1.29 is 0 Å². The van der Waals surface area contributed by atoms with Gasteiger partial charge in [-0.1, -0.05) is 12.1 Å². The zero-order chi connectivity index (χ0) is 16.1. The van der Waals surface area contributed by atoms with E-state index < -0.39 is 0 Å². The van der Waals surface area contributed by atoms with Crippen LogP contribution in [-0.4, -0.2) is 20.5 Å². The van der Waals surface area contributed by atoms with Crippen LogP contribution in [0.1, 0.15) is 27.4 Å². The molecule has 0 saturated heterocycles. The molecule has 1 aliphatic heterocycles. The van der Waals surface area contributed by atoms with E-state index in [9.17, 15) is 0 Å². The SMILES string of the molecule is Cc1sc2c(c1C)C(c1ccc(N)cc1)=NNc1nnc(C)n1-2. The summed E-state index contributed by atoms with van der Waals surface area (Å²) in [7, 11) is 0. The standard InChI is InChI=1S/C16H16N6S/c1-8-9(2)23-15-13(8)14(11-4-6-12(17)7-5-11)19-21-16-20-18-10(3)22(15)16/h4-7H,17H2,1-3H3,(H,20,21). The van der Waals surface area contributed by atoms with E-state index in [0.29, 0.717) is 5.95 Å². The first-order valence-corrected chi connectivity index (χ1v) is 8.10. The van der Waals surface area contributed by atoms with Gasteiger partial charge in [-0.25, -0.2) is 5.43 Å². The summed E-state index contributed by atoms with van der Waals surface area (Å²) in [6.45, 7) is 6.20. The molecular formula is C16H16N6S. The Morgan fingerprint density at radius 1 is 1.09 bits per heavy atom. The molecule has 0 unspecified atom stereocenters. The van der Waals surface area contributed by atoms with Gasteiger partial charge in [0.1, 0.15) is 16.5 Å². The van der Waals surface area contributed by atoms with Crippen LogP contribution in [-0.2, 0) is 0 Å². The van der Waals surface area contributed by atoms with Crippen LogP contribution in [0.4, 0.5) is 11.6 Å². The van der Waals surface area contributed by atoms with E-state index in [4.69, 9.17) is 5.73 Å². The second-order valence-electron chi connectivity index (χ2n) is 5.56. The molecule has 0 atom stereocenters. The van der Waals surface area contributed by atoms with Crippen LogP contribution in [0, 0.1) is 20.8 Å². The summed E-state index contributed by atoms with van der Waals surface area (Å²) in [4.78, 5) is 1.26. The van der Waals surface area contributed by atoms with Crippen LogP contribution >= 0.6 is 11.3 Å². The zero-order valence-electron chi connectivity index (χ0n) is 13.1. The summed E-state index contributed by atoms with van der Waals surface area (Å²) in [5.41, 5.74) is 13.8. The highest BCUT2D eigenvalue weighted by atomic mass is 32.1. The van der Waals surface area contributed by atoms with Crippen molar-refractivity contribution in [3.63, 3.8) is 0 Å². The fraction of sp³-hybridized carbons (Fsp3) is 0.188. The highest BCUT2D eigenvalue weighted by molar-refractivity contribution is 7.15. The molecule has 4 rings (SSSR count). The van der Waals surface area contributed by atoms with Gasteiger partial charge in [0.25, 0.3) is 0 Å². The van der Waals surface area contributed by atoms with Gasteiger partial charge in [0.15, 0.2) is 0 Å². The van der Waals surface area contributed by atoms with E-state index in [1.807, 2.05) is 35.8 Å². The third-order valence-corrected chi connectivity index (χ3v) is 5.28. The quantitative estimate of drug-likeness (QED) is 0.674. The smallest absolute Gasteiger partial charge is 0.250 e. The van der Waals surface area contributed by atoms with Gasteiger partial charge in [0.2, 0.25) is 5.95 Å². The Bertz CT molecular complexity index is 932. The zero-order valence-corrected chi connectivity index (χ0v) is 13.9. The van der Waals surface area contributed by atoms with Crippen molar-refractivity contribution in [1.29, 1.82) is 0 Å². The third-order valence-electron chi connectivity index (χ3n) is 4.08. The van der Waals surface area contributed by atoms with Gasteiger partial charge < -0.3 is 5.73 Å². The predicted molar refractivity (Wildman–Crippen MR) is 93.6 cm³/mol. The second-order valence-corrected chi connectivity index (χ2v) is 6.77. The van der Waals surface area contributed by atoms with Crippen LogP contribution in [0.15, 0.2) is 29.4 Å². The fourth-order valence-corrected chi connectivity index (χ4v) is 3.94. The molecule has 0 bridgehead atoms. The summed E-state index contributed by atoms with van der Waals surface area (Å²) in [6.07, 6.45) is 0. The summed E-state index contributed by atoms with van der Waals surface area (Å²) in [5, 5.41) is 14.0. The van der Waals surface area contributed by atoms with Crippen LogP contribution in [0.3, 0.4) is 0 Å². The van der Waals surface area contributed by atoms with Gasteiger partial charge in [-0.2, -0.15) is 5.10 Å². The van der Waals surface area contributed by atoms with E-state index in [1.165, 1.54) is 10.4 Å². The monoisotopic (exact) mass is 324 g/mol. The maximum absolute atomic E-state index is 5.81. The van der Waals surface area contributed by atoms with Crippen molar-refractivity contribution in [3.05, 3.63) is 51.7 Å². The molecule has 116 valence electrons. The summed E-state index contributed by atoms with van der Waals surface area (Å²) >= 11 is 1.73. The molecule has 3 N–H and O–H groups in total. The van der Waals surface area contributed by atoms with Crippen LogP contribution in [0.25, 0.3) is 5.00 Å². The van der Waals surface area contributed by atoms with Crippen molar-refractivity contribution in [1.82, 2.24) is 14.8 Å². The first-order valence-electron chi connectivity index (χ1n) is 7.28. The Morgan fingerprint density at radius 3 is 2.57 bits per heavy atom. The van der Waals surface area contributed by atoms with Crippen molar-refractivity contribution >= 4 is 28.7 Å². The number of aryl methyl sites for hydroxylation is 2. The van der Waals surface area contributed by atoms with Crippen molar-refractivity contribution in [2.24, 2.45) is 5.10 Å². The molecule has 23 heavy (non-hydrogen) atoms. The number of rotatable bonds is 1. The molecule has 7 heteroatoms. The number of nitrogens with two attached hydrogens (primary N) is 1. The van der Waals surface area contributed by atoms with E-state index in [2.05, 4.69) is 34.6 Å². The molecule has 0 fully saturated rings. The van der Waals surface area contributed by atoms with Crippen molar-refractivity contribution in [2.45, 2.75) is 20.8 Å². The molecule has 2 aromatic heterocycles. The molecule has 0 radical (unpaired) electrons. The Morgan fingerprint density at radius 2 is 1.83 bits per heavy atom. The van der Waals surface area contributed by atoms with Gasteiger partial charge in [-0.05, 0) is 38.5 Å². The lowest BCUT2D eigenvalue weighted by molar-refractivity contribution is 0.984. The first kappa shape index (κ1) is 14.0. The number of aromatic nitrogens is 3. The largest absolute Gasteiger partial charge is 0.399 e. The highest BCUT2D eigenvalue weighted by Crippen LogP contribution is 2.36. The average molecular weight is 324 g/mol. The molecular weight excluding hydrogens is 308 g/mol. The Kier molecular flexibility index (Phi) is 2.99. The minimum atomic E-state index is 0.635. The number of anilines is 2. The van der Waals surface area contributed by atoms with Crippen LogP contribution in [0.5, 0.6) is 0 Å². The molecule has 3 heterocycles. The summed E-state index contributed by atoms with van der Waals surface area (Å²) < 4.78 is 2.02. The Balaban J connectivity index is 2.00. The van der Waals surface area contributed by atoms with Gasteiger partial charge in [0.05, 0.1) is 0 Å². The number of benzene rings is 1. The maximum Gasteiger partial charge on any atom is 0.250 e. The van der Waals surface area contributed by atoms with Crippen molar-refractivity contribution in [3.8, 4) is 5.00 Å². The molecule has 1 aliphatic rings. The van der Waals surface area contributed by atoms with E-state index in [0.717, 1.165) is 33.4 Å². The number of nitrogen functional groups attached to an aromatic ring is 1. The van der Waals surface area contributed by atoms with Gasteiger partial charge in [-0.15, -0.1) is 21.5 Å². The normalized spacial score (nSPS) is 12.9. The lowest BCUT2D eigenvalue weighted by Crippen LogP contribution is -2.07. The molecule has 0 spiro atoms. The average Bonchev–Trinajstić information content (AvgIpc) is 2.97. The second kappa shape index (κ2) is 4.92. The van der Waals surface area contributed by atoms with Crippen molar-refractivity contribution in [2.75, 3.05) is 11.2 Å². The summed E-state index contributed by atoms with van der Waals surface area (Å²) in [5.74, 6) is 1.47. The predicted octanol–water partition coefficient (Wildman–Crippen LogP) is 3.01. The number of nitrogens with zero attached hydrogens (tertiary/aromatic N) is 4. The lowest BCUT2D eigenvalue weighted by Gasteiger charge is -2.08. The number of fused-ring (bicyclic) bond motifs is 3. The minimum absolute atomic E-state index is 0.635. The molecule has 3 aromatic rings. The van der Waals surface area contributed by atoms with Gasteiger partial charge >= 0.3 is 0 Å².